The van der Waals surface area contributed by atoms with Crippen LogP contribution in [-0.2, 0) is 4.79 Å². The second kappa shape index (κ2) is 6.32. The van der Waals surface area contributed by atoms with Crippen LogP contribution in [0.5, 0.6) is 0 Å². The smallest absolute Gasteiger partial charge is 0.308 e. The Labute approximate surface area is 118 Å². The van der Waals surface area contributed by atoms with Gasteiger partial charge in [0.25, 0.3) is 0 Å². The van der Waals surface area contributed by atoms with Gasteiger partial charge in [0.1, 0.15) is 0 Å². The molecule has 20 heavy (non-hydrogen) atoms. The molecule has 0 spiro atoms. The van der Waals surface area contributed by atoms with E-state index in [1.165, 1.54) is 0 Å². The number of carboxylic acids is 1. The Bertz CT molecular complexity index is 593. The average molecular weight is 273 g/mol. The highest BCUT2D eigenvalue weighted by Crippen LogP contribution is 2.21. The first-order valence-corrected chi connectivity index (χ1v) is 6.75. The normalized spacial score (nSPS) is 12.6. The van der Waals surface area contributed by atoms with Gasteiger partial charge in [0.05, 0.1) is 23.3 Å². The van der Waals surface area contributed by atoms with Crippen LogP contribution in [0.15, 0.2) is 30.5 Å². The number of nitrogens with zero attached hydrogens (tertiary/aromatic N) is 2. The lowest BCUT2D eigenvalue weighted by molar-refractivity contribution is -0.141. The van der Waals surface area contributed by atoms with Crippen LogP contribution in [0.3, 0.4) is 0 Å². The highest BCUT2D eigenvalue weighted by atomic mass is 16.4. The number of nitrogens with one attached hydrogen (secondary N) is 1. The number of anilines is 1. The van der Waals surface area contributed by atoms with Crippen LogP contribution >= 0.6 is 0 Å². The molecule has 1 unspecified atom stereocenters. The Kier molecular flexibility index (Phi) is 4.50. The van der Waals surface area contributed by atoms with Crippen LogP contribution < -0.4 is 5.32 Å². The molecule has 2 aromatic rings. The third kappa shape index (κ3) is 3.44. The first kappa shape index (κ1) is 14.2. The highest BCUT2D eigenvalue weighted by Gasteiger charge is 2.18. The molecule has 2 N–H and O–H groups in total. The topological polar surface area (TPSA) is 75.1 Å². The van der Waals surface area contributed by atoms with Gasteiger partial charge in [-0.1, -0.05) is 32.0 Å². The Morgan fingerprint density at radius 3 is 2.80 bits per heavy atom. The quantitative estimate of drug-likeness (QED) is 0.846. The second-order valence-corrected chi connectivity index (χ2v) is 5.32. The monoisotopic (exact) mass is 273 g/mol. The molecule has 0 saturated carbocycles. The number of hydrogen-bond donors (Lipinski definition) is 2. The van der Waals surface area contributed by atoms with Crippen molar-refractivity contribution in [3.05, 3.63) is 30.5 Å². The van der Waals surface area contributed by atoms with Crippen molar-refractivity contribution in [3.63, 3.8) is 0 Å². The van der Waals surface area contributed by atoms with Crippen molar-refractivity contribution < 1.29 is 9.90 Å². The Morgan fingerprint density at radius 1 is 1.35 bits per heavy atom. The molecule has 0 saturated heterocycles. The molecular weight excluding hydrogens is 254 g/mol. The average Bonchev–Trinajstić information content (AvgIpc) is 2.42. The van der Waals surface area contributed by atoms with Gasteiger partial charge in [0.15, 0.2) is 0 Å². The minimum Gasteiger partial charge on any atom is -0.481 e. The number of carbonyl (C=O) groups is 1. The molecule has 5 nitrogen and oxygen atoms in total. The van der Waals surface area contributed by atoms with E-state index in [2.05, 4.69) is 15.5 Å². The van der Waals surface area contributed by atoms with Crippen LogP contribution in [0.1, 0.15) is 20.3 Å². The number of aromatic nitrogens is 2. The molecule has 106 valence electrons. The molecule has 1 atom stereocenters. The second-order valence-electron chi connectivity index (χ2n) is 5.32. The van der Waals surface area contributed by atoms with Crippen molar-refractivity contribution in [3.8, 4) is 0 Å². The van der Waals surface area contributed by atoms with Crippen LogP contribution in [0.2, 0.25) is 0 Å². The van der Waals surface area contributed by atoms with Gasteiger partial charge < -0.3 is 10.4 Å². The summed E-state index contributed by atoms with van der Waals surface area (Å²) in [5.41, 5.74) is 1.62. The molecule has 2 rings (SSSR count). The molecular formula is C15H19N3O2. The maximum absolute atomic E-state index is 11.3. The molecule has 0 aliphatic heterocycles. The minimum atomic E-state index is -0.766. The van der Waals surface area contributed by atoms with E-state index in [0.717, 1.165) is 16.6 Å². The van der Waals surface area contributed by atoms with Gasteiger partial charge in [-0.15, -0.1) is 0 Å². The van der Waals surface area contributed by atoms with E-state index >= 15 is 0 Å². The summed E-state index contributed by atoms with van der Waals surface area (Å²) in [5, 5.41) is 21.4. The van der Waals surface area contributed by atoms with Crippen molar-refractivity contribution in [2.24, 2.45) is 11.8 Å². The Hall–Kier alpha value is -2.17. The van der Waals surface area contributed by atoms with Crippen molar-refractivity contribution in [2.75, 3.05) is 11.9 Å². The lowest BCUT2D eigenvalue weighted by Gasteiger charge is -2.16. The van der Waals surface area contributed by atoms with Gasteiger partial charge >= 0.3 is 5.97 Å². The van der Waals surface area contributed by atoms with E-state index in [9.17, 15) is 9.90 Å². The Balaban J connectivity index is 2.13. The van der Waals surface area contributed by atoms with E-state index in [4.69, 9.17) is 0 Å². The van der Waals surface area contributed by atoms with Crippen molar-refractivity contribution in [1.29, 1.82) is 0 Å². The van der Waals surface area contributed by atoms with Gasteiger partial charge in [0.2, 0.25) is 0 Å². The first-order valence-electron chi connectivity index (χ1n) is 6.75. The predicted octanol–water partition coefficient (Wildman–Crippen LogP) is 2.79. The summed E-state index contributed by atoms with van der Waals surface area (Å²) in [5.74, 6) is -0.815. The fourth-order valence-corrected chi connectivity index (χ4v) is 2.22. The highest BCUT2D eigenvalue weighted by molar-refractivity contribution is 5.90. The molecule has 0 bridgehead atoms. The fourth-order valence-electron chi connectivity index (χ4n) is 2.22. The minimum absolute atomic E-state index is 0.352. The summed E-state index contributed by atoms with van der Waals surface area (Å²) >= 11 is 0. The Morgan fingerprint density at radius 2 is 2.10 bits per heavy atom. The first-order chi connectivity index (χ1) is 9.58. The summed E-state index contributed by atoms with van der Waals surface area (Å²) in [4.78, 5) is 11.3. The number of rotatable bonds is 6. The van der Waals surface area contributed by atoms with E-state index < -0.39 is 11.9 Å². The van der Waals surface area contributed by atoms with E-state index in [-0.39, 0.29) is 0 Å². The maximum Gasteiger partial charge on any atom is 0.308 e. The van der Waals surface area contributed by atoms with Crippen molar-refractivity contribution >= 4 is 22.6 Å². The van der Waals surface area contributed by atoms with Crippen molar-refractivity contribution in [2.45, 2.75) is 20.3 Å². The molecule has 5 heteroatoms. The van der Waals surface area contributed by atoms with E-state index in [0.29, 0.717) is 18.9 Å². The number of fused-ring (bicyclic) bond motifs is 1. The molecule has 0 aliphatic rings. The summed E-state index contributed by atoms with van der Waals surface area (Å²) in [6, 6.07) is 7.67. The third-order valence-corrected chi connectivity index (χ3v) is 3.19. The lowest BCUT2D eigenvalue weighted by atomic mass is 9.97. The maximum atomic E-state index is 11.3. The number of hydrogen-bond acceptors (Lipinski definition) is 4. The molecule has 0 aliphatic carbocycles. The molecule has 0 radical (unpaired) electrons. The third-order valence-electron chi connectivity index (χ3n) is 3.19. The predicted molar refractivity (Wildman–Crippen MR) is 78.6 cm³/mol. The van der Waals surface area contributed by atoms with Crippen LogP contribution in [0.25, 0.3) is 10.9 Å². The standard InChI is InChI=1S/C15H19N3O2/c1-10(2)7-11(15(19)20)8-16-14-9-17-18-13-6-4-3-5-12(13)14/h3-6,9-11H,7-8H2,1-2H3,(H,16,18)(H,19,20). The SMILES string of the molecule is CC(C)CC(CNc1cnnc2ccccc12)C(=O)O. The lowest BCUT2D eigenvalue weighted by Crippen LogP contribution is -2.24. The van der Waals surface area contributed by atoms with Crippen molar-refractivity contribution in [1.82, 2.24) is 10.2 Å². The fraction of sp³-hybridized carbons (Fsp3) is 0.400. The molecule has 0 fully saturated rings. The van der Waals surface area contributed by atoms with Crippen LogP contribution in [0, 0.1) is 11.8 Å². The number of benzene rings is 1. The van der Waals surface area contributed by atoms with Gasteiger partial charge in [-0.25, -0.2) is 0 Å². The van der Waals surface area contributed by atoms with Gasteiger partial charge in [-0.3, -0.25) is 4.79 Å². The zero-order valence-corrected chi connectivity index (χ0v) is 11.7. The molecule has 0 amide bonds. The van der Waals surface area contributed by atoms with Gasteiger partial charge in [-0.05, 0) is 18.4 Å². The van der Waals surface area contributed by atoms with Crippen LogP contribution in [0.4, 0.5) is 5.69 Å². The molecule has 1 aromatic carbocycles. The zero-order valence-electron chi connectivity index (χ0n) is 11.7. The number of aliphatic carboxylic acids is 1. The summed E-state index contributed by atoms with van der Waals surface area (Å²) in [6.07, 6.45) is 2.29. The van der Waals surface area contributed by atoms with E-state index in [1.807, 2.05) is 38.1 Å². The summed E-state index contributed by atoms with van der Waals surface area (Å²) < 4.78 is 0. The zero-order chi connectivity index (χ0) is 14.5. The van der Waals surface area contributed by atoms with Gasteiger partial charge in [-0.2, -0.15) is 10.2 Å². The number of carboxylic acid groups (broad SMARTS) is 1. The van der Waals surface area contributed by atoms with Crippen LogP contribution in [-0.4, -0.2) is 27.8 Å². The molecule has 1 aromatic heterocycles. The largest absolute Gasteiger partial charge is 0.481 e. The summed E-state index contributed by atoms with van der Waals surface area (Å²) in [6.45, 7) is 4.45. The summed E-state index contributed by atoms with van der Waals surface area (Å²) in [7, 11) is 0. The van der Waals surface area contributed by atoms with E-state index in [1.54, 1.807) is 6.20 Å². The molecule has 1 heterocycles. The van der Waals surface area contributed by atoms with Gasteiger partial charge in [0, 0.05) is 11.9 Å².